The van der Waals surface area contributed by atoms with Crippen LogP contribution < -0.4 is 4.74 Å². The number of ether oxygens (including phenoxy) is 1. The second-order valence-corrected chi connectivity index (χ2v) is 5.85. The predicted molar refractivity (Wildman–Crippen MR) is 91.2 cm³/mol. The second kappa shape index (κ2) is 7.06. The van der Waals surface area contributed by atoms with Crippen molar-refractivity contribution < 1.29 is 9.53 Å². The highest BCUT2D eigenvalue weighted by atomic mass is 16.5. The molecule has 0 radical (unpaired) electrons. The molecule has 0 N–H and O–H groups in total. The maximum Gasteiger partial charge on any atom is 0.177 e. The van der Waals surface area contributed by atoms with Crippen molar-refractivity contribution in [1.82, 2.24) is 14.8 Å². The van der Waals surface area contributed by atoms with Crippen molar-refractivity contribution >= 4 is 16.7 Å². The number of carbonyl (C=O) groups is 1. The lowest BCUT2D eigenvalue weighted by Gasteiger charge is -2.33. The van der Waals surface area contributed by atoms with Crippen molar-refractivity contribution in [3.8, 4) is 5.75 Å². The SMILES string of the molecule is CCN1CCN(CC(=O)c2ccc(OC)c3ncccc23)CC1. The molecule has 0 saturated carbocycles. The predicted octanol–water partition coefficient (Wildman–Crippen LogP) is 2.06. The molecule has 1 aromatic carbocycles. The molecule has 1 saturated heterocycles. The van der Waals surface area contributed by atoms with Gasteiger partial charge in [-0.2, -0.15) is 0 Å². The van der Waals surface area contributed by atoms with Crippen LogP contribution in [0.5, 0.6) is 5.75 Å². The van der Waals surface area contributed by atoms with Gasteiger partial charge in [-0.3, -0.25) is 14.7 Å². The van der Waals surface area contributed by atoms with E-state index in [2.05, 4.69) is 21.7 Å². The molecule has 0 bridgehead atoms. The summed E-state index contributed by atoms with van der Waals surface area (Å²) >= 11 is 0. The monoisotopic (exact) mass is 313 g/mol. The van der Waals surface area contributed by atoms with E-state index in [1.54, 1.807) is 13.3 Å². The third kappa shape index (κ3) is 3.35. The number of piperazine rings is 1. The molecule has 23 heavy (non-hydrogen) atoms. The van der Waals surface area contributed by atoms with Crippen LogP contribution in [0.3, 0.4) is 0 Å². The van der Waals surface area contributed by atoms with E-state index >= 15 is 0 Å². The molecule has 5 nitrogen and oxygen atoms in total. The minimum absolute atomic E-state index is 0.149. The van der Waals surface area contributed by atoms with Crippen LogP contribution in [0, 0.1) is 0 Å². The number of aromatic nitrogens is 1. The molecule has 2 heterocycles. The number of nitrogens with zero attached hydrogens (tertiary/aromatic N) is 3. The molecule has 5 heteroatoms. The van der Waals surface area contributed by atoms with Gasteiger partial charge in [0.2, 0.25) is 0 Å². The van der Waals surface area contributed by atoms with E-state index < -0.39 is 0 Å². The number of carbonyl (C=O) groups excluding carboxylic acids is 1. The molecule has 1 aliphatic heterocycles. The van der Waals surface area contributed by atoms with Crippen LogP contribution in [0.1, 0.15) is 17.3 Å². The molecule has 1 aliphatic rings. The Bertz CT molecular complexity index is 694. The van der Waals surface area contributed by atoms with Gasteiger partial charge in [0, 0.05) is 43.3 Å². The Morgan fingerprint density at radius 3 is 2.61 bits per heavy atom. The summed E-state index contributed by atoms with van der Waals surface area (Å²) in [6.45, 7) is 7.70. The Labute approximate surface area is 136 Å². The molecule has 0 unspecified atom stereocenters. The van der Waals surface area contributed by atoms with E-state index in [-0.39, 0.29) is 5.78 Å². The molecular formula is C18H23N3O2. The average molecular weight is 313 g/mol. The second-order valence-electron chi connectivity index (χ2n) is 5.85. The van der Waals surface area contributed by atoms with E-state index in [1.807, 2.05) is 24.3 Å². The van der Waals surface area contributed by atoms with Crippen LogP contribution in [-0.2, 0) is 0 Å². The van der Waals surface area contributed by atoms with Crippen molar-refractivity contribution in [1.29, 1.82) is 0 Å². The van der Waals surface area contributed by atoms with Crippen LogP contribution in [0.2, 0.25) is 0 Å². The molecule has 122 valence electrons. The fourth-order valence-corrected chi connectivity index (χ4v) is 3.11. The van der Waals surface area contributed by atoms with Gasteiger partial charge in [0.1, 0.15) is 11.3 Å². The van der Waals surface area contributed by atoms with Crippen LogP contribution >= 0.6 is 0 Å². The third-order valence-corrected chi connectivity index (χ3v) is 4.53. The summed E-state index contributed by atoms with van der Waals surface area (Å²) in [5.41, 5.74) is 1.48. The van der Waals surface area contributed by atoms with Gasteiger partial charge in [-0.1, -0.05) is 13.0 Å². The van der Waals surface area contributed by atoms with Crippen molar-refractivity contribution in [2.24, 2.45) is 0 Å². The molecule has 1 aromatic heterocycles. The van der Waals surface area contributed by atoms with Gasteiger partial charge >= 0.3 is 0 Å². The lowest BCUT2D eigenvalue weighted by atomic mass is 10.0. The van der Waals surface area contributed by atoms with E-state index in [1.165, 1.54) is 0 Å². The maximum atomic E-state index is 12.8. The highest BCUT2D eigenvalue weighted by Gasteiger charge is 2.20. The summed E-state index contributed by atoms with van der Waals surface area (Å²) in [5, 5.41) is 0.865. The maximum absolute atomic E-state index is 12.8. The van der Waals surface area contributed by atoms with E-state index in [0.717, 1.165) is 49.2 Å². The summed E-state index contributed by atoms with van der Waals surface area (Å²) in [4.78, 5) is 21.8. The lowest BCUT2D eigenvalue weighted by Crippen LogP contribution is -2.47. The van der Waals surface area contributed by atoms with Gasteiger partial charge in [0.25, 0.3) is 0 Å². The largest absolute Gasteiger partial charge is 0.494 e. The summed E-state index contributed by atoms with van der Waals surface area (Å²) in [5.74, 6) is 0.851. The summed E-state index contributed by atoms with van der Waals surface area (Å²) in [7, 11) is 1.62. The van der Waals surface area contributed by atoms with Gasteiger partial charge < -0.3 is 9.64 Å². The van der Waals surface area contributed by atoms with Crippen LogP contribution in [-0.4, -0.2) is 66.9 Å². The van der Waals surface area contributed by atoms with Crippen LogP contribution in [0.25, 0.3) is 10.9 Å². The number of hydrogen-bond donors (Lipinski definition) is 0. The fourth-order valence-electron chi connectivity index (χ4n) is 3.11. The fraction of sp³-hybridized carbons (Fsp3) is 0.444. The zero-order valence-corrected chi connectivity index (χ0v) is 13.8. The number of methoxy groups -OCH3 is 1. The minimum Gasteiger partial charge on any atom is -0.494 e. The molecule has 1 fully saturated rings. The van der Waals surface area contributed by atoms with Crippen molar-refractivity contribution in [3.05, 3.63) is 36.0 Å². The van der Waals surface area contributed by atoms with E-state index in [4.69, 9.17) is 4.74 Å². The number of fused-ring (bicyclic) bond motifs is 1. The summed E-state index contributed by atoms with van der Waals surface area (Å²) in [6.07, 6.45) is 1.73. The number of Topliss-reactive ketones (excluding diaryl/α,β-unsaturated/α-hetero) is 1. The zero-order valence-electron chi connectivity index (χ0n) is 13.8. The van der Waals surface area contributed by atoms with Gasteiger partial charge in [-0.05, 0) is 24.7 Å². The first-order valence-electron chi connectivity index (χ1n) is 8.12. The Morgan fingerprint density at radius 1 is 1.17 bits per heavy atom. The molecule has 0 aliphatic carbocycles. The van der Waals surface area contributed by atoms with Gasteiger partial charge in [0.15, 0.2) is 5.78 Å². The first-order chi connectivity index (χ1) is 11.2. The Morgan fingerprint density at radius 2 is 1.91 bits per heavy atom. The topological polar surface area (TPSA) is 45.7 Å². The van der Waals surface area contributed by atoms with Crippen molar-refractivity contribution in [2.75, 3.05) is 46.4 Å². The number of benzene rings is 1. The Balaban J connectivity index is 1.79. The third-order valence-electron chi connectivity index (χ3n) is 4.53. The number of pyridine rings is 1. The highest BCUT2D eigenvalue weighted by Crippen LogP contribution is 2.26. The summed E-state index contributed by atoms with van der Waals surface area (Å²) < 4.78 is 5.35. The molecule has 0 amide bonds. The number of rotatable bonds is 5. The highest BCUT2D eigenvalue weighted by molar-refractivity contribution is 6.09. The quantitative estimate of drug-likeness (QED) is 0.791. The summed E-state index contributed by atoms with van der Waals surface area (Å²) in [6, 6.07) is 7.48. The van der Waals surface area contributed by atoms with Gasteiger partial charge in [-0.15, -0.1) is 0 Å². The first kappa shape index (κ1) is 15.9. The molecule has 2 aromatic rings. The molecule has 3 rings (SSSR count). The molecule has 0 atom stereocenters. The standard InChI is InChI=1S/C18H23N3O2/c1-3-20-9-11-21(12-10-20)13-16(22)14-6-7-17(23-2)18-15(14)5-4-8-19-18/h4-8H,3,9-13H2,1-2H3. The minimum atomic E-state index is 0.149. The normalized spacial score (nSPS) is 16.6. The molecule has 0 spiro atoms. The number of hydrogen-bond acceptors (Lipinski definition) is 5. The number of ketones is 1. The van der Waals surface area contributed by atoms with Gasteiger partial charge in [-0.25, -0.2) is 0 Å². The first-order valence-corrected chi connectivity index (χ1v) is 8.12. The van der Waals surface area contributed by atoms with Crippen molar-refractivity contribution in [2.45, 2.75) is 6.92 Å². The Kier molecular flexibility index (Phi) is 4.88. The van der Waals surface area contributed by atoms with Crippen LogP contribution in [0.4, 0.5) is 0 Å². The van der Waals surface area contributed by atoms with Crippen molar-refractivity contribution in [3.63, 3.8) is 0 Å². The van der Waals surface area contributed by atoms with Crippen LogP contribution in [0.15, 0.2) is 30.5 Å². The van der Waals surface area contributed by atoms with E-state index in [0.29, 0.717) is 12.3 Å². The lowest BCUT2D eigenvalue weighted by molar-refractivity contribution is 0.0860. The smallest absolute Gasteiger partial charge is 0.177 e. The molecular weight excluding hydrogens is 290 g/mol. The van der Waals surface area contributed by atoms with Gasteiger partial charge in [0.05, 0.1) is 13.7 Å². The zero-order chi connectivity index (χ0) is 16.2. The number of likely N-dealkylation sites (N-methyl/N-ethyl adjacent to an activating group) is 1. The van der Waals surface area contributed by atoms with E-state index in [9.17, 15) is 4.79 Å². The Hall–Kier alpha value is -1.98. The average Bonchev–Trinajstić information content (AvgIpc) is 2.61.